The molecule has 4 heterocycles. The standard InChI is InChI=1S/C29H28N4O4/c1-17-11-18-15-32(28(36)37-29(2,3)4)10-9-31-16-20(19(12-17)27(18)31)25-22(34)13-23(35)26(25)21-14-30-24-7-5-6-8-33(21)24/h5-8,11-12,14,16H,9-10,13,15H2,1-4H3. The van der Waals surface area contributed by atoms with E-state index in [0.29, 0.717) is 42.1 Å². The van der Waals surface area contributed by atoms with Crippen molar-refractivity contribution in [2.75, 3.05) is 6.54 Å². The Hall–Kier alpha value is -4.20. The van der Waals surface area contributed by atoms with Crippen molar-refractivity contribution in [3.8, 4) is 0 Å². The number of imidazole rings is 1. The number of pyridine rings is 1. The summed E-state index contributed by atoms with van der Waals surface area (Å²) in [6.45, 7) is 9.00. The number of amides is 1. The molecule has 0 bridgehead atoms. The van der Waals surface area contributed by atoms with E-state index in [2.05, 4.69) is 21.7 Å². The molecule has 0 radical (unpaired) electrons. The summed E-state index contributed by atoms with van der Waals surface area (Å²) in [5.74, 6) is -0.372. The van der Waals surface area contributed by atoms with Gasteiger partial charge in [-0.15, -0.1) is 0 Å². The van der Waals surface area contributed by atoms with Gasteiger partial charge in [0.25, 0.3) is 0 Å². The number of benzene rings is 1. The molecule has 37 heavy (non-hydrogen) atoms. The minimum Gasteiger partial charge on any atom is -0.444 e. The van der Waals surface area contributed by atoms with E-state index < -0.39 is 5.60 Å². The number of ether oxygens (including phenoxy) is 1. The molecule has 0 N–H and O–H groups in total. The van der Waals surface area contributed by atoms with Crippen molar-refractivity contribution in [3.05, 3.63) is 71.3 Å². The number of carbonyl (C=O) groups excluding carboxylic acids is 3. The zero-order chi connectivity index (χ0) is 26.1. The van der Waals surface area contributed by atoms with Crippen molar-refractivity contribution in [2.24, 2.45) is 0 Å². The van der Waals surface area contributed by atoms with Gasteiger partial charge >= 0.3 is 6.09 Å². The van der Waals surface area contributed by atoms with E-state index in [-0.39, 0.29) is 24.1 Å². The molecule has 4 aromatic rings. The van der Waals surface area contributed by atoms with Crippen molar-refractivity contribution >= 4 is 45.4 Å². The SMILES string of the molecule is Cc1cc2c3c(c1)c(C1=C(c4cnc5ccccn45)C(=O)CC1=O)cn3CCN(C(=O)OC(C)(C)C)C2. The van der Waals surface area contributed by atoms with Crippen LogP contribution in [0.2, 0.25) is 0 Å². The Bertz CT molecular complexity index is 1660. The van der Waals surface area contributed by atoms with Gasteiger partial charge in [-0.25, -0.2) is 9.78 Å². The van der Waals surface area contributed by atoms with Gasteiger partial charge in [0.15, 0.2) is 11.6 Å². The van der Waals surface area contributed by atoms with E-state index in [9.17, 15) is 14.4 Å². The first-order valence-electron chi connectivity index (χ1n) is 12.4. The number of allylic oxidation sites excluding steroid dienone is 2. The lowest BCUT2D eigenvalue weighted by molar-refractivity contribution is -0.119. The van der Waals surface area contributed by atoms with Crippen LogP contribution in [0.5, 0.6) is 0 Å². The van der Waals surface area contributed by atoms with Gasteiger partial charge in [0.2, 0.25) is 0 Å². The van der Waals surface area contributed by atoms with Gasteiger partial charge in [-0.1, -0.05) is 17.7 Å². The van der Waals surface area contributed by atoms with Gasteiger partial charge in [0.05, 0.1) is 35.9 Å². The molecule has 1 aromatic carbocycles. The molecule has 0 atom stereocenters. The minimum atomic E-state index is -0.579. The Morgan fingerprint density at radius 3 is 2.62 bits per heavy atom. The first kappa shape index (κ1) is 23.2. The first-order chi connectivity index (χ1) is 17.6. The fourth-order valence-electron chi connectivity index (χ4n) is 5.45. The van der Waals surface area contributed by atoms with Crippen LogP contribution in [0, 0.1) is 6.92 Å². The largest absolute Gasteiger partial charge is 0.444 e. The van der Waals surface area contributed by atoms with Crippen molar-refractivity contribution in [1.29, 1.82) is 0 Å². The molecule has 8 nitrogen and oxygen atoms in total. The van der Waals surface area contributed by atoms with Crippen LogP contribution >= 0.6 is 0 Å². The number of ketones is 2. The number of aryl methyl sites for hydroxylation is 1. The van der Waals surface area contributed by atoms with Crippen molar-refractivity contribution in [2.45, 2.75) is 52.8 Å². The van der Waals surface area contributed by atoms with Crippen LogP contribution < -0.4 is 0 Å². The first-order valence-corrected chi connectivity index (χ1v) is 12.4. The van der Waals surface area contributed by atoms with Gasteiger partial charge in [-0.05, 0) is 51.5 Å². The molecule has 6 rings (SSSR count). The topological polar surface area (TPSA) is 85.9 Å². The number of hydrogen-bond acceptors (Lipinski definition) is 5. The van der Waals surface area contributed by atoms with Crippen LogP contribution in [0.4, 0.5) is 4.79 Å². The molecule has 2 aliphatic rings. The Morgan fingerprint density at radius 2 is 1.84 bits per heavy atom. The summed E-state index contributed by atoms with van der Waals surface area (Å²) in [5, 5.41) is 0.908. The van der Waals surface area contributed by atoms with Crippen molar-refractivity contribution in [1.82, 2.24) is 18.9 Å². The summed E-state index contributed by atoms with van der Waals surface area (Å²) in [4.78, 5) is 45.5. The van der Waals surface area contributed by atoms with Crippen LogP contribution in [-0.4, -0.2) is 48.7 Å². The van der Waals surface area contributed by atoms with Crippen molar-refractivity contribution < 1.29 is 19.1 Å². The Labute approximate surface area is 214 Å². The molecule has 1 aliphatic carbocycles. The molecule has 0 saturated heterocycles. The second-order valence-electron chi connectivity index (χ2n) is 10.8. The lowest BCUT2D eigenvalue weighted by Crippen LogP contribution is -2.37. The van der Waals surface area contributed by atoms with E-state index >= 15 is 0 Å². The number of Topliss-reactive ketones (excluding diaryl/α,β-unsaturated/α-hetero) is 2. The number of aromatic nitrogens is 3. The highest BCUT2D eigenvalue weighted by Gasteiger charge is 2.36. The zero-order valence-corrected chi connectivity index (χ0v) is 21.4. The fraction of sp³-hybridized carbons (Fsp3) is 0.310. The second kappa shape index (κ2) is 8.16. The number of rotatable bonds is 2. The average molecular weight is 497 g/mol. The molecular formula is C29H28N4O4. The van der Waals surface area contributed by atoms with Crippen LogP contribution in [0.15, 0.2) is 48.9 Å². The van der Waals surface area contributed by atoms with Gasteiger partial charge in [-0.3, -0.25) is 14.0 Å². The summed E-state index contributed by atoms with van der Waals surface area (Å²) in [6, 6.07) is 9.77. The lowest BCUT2D eigenvalue weighted by atomic mass is 9.96. The molecule has 0 saturated carbocycles. The van der Waals surface area contributed by atoms with Gasteiger partial charge < -0.3 is 14.2 Å². The van der Waals surface area contributed by atoms with E-state index in [4.69, 9.17) is 4.74 Å². The van der Waals surface area contributed by atoms with E-state index in [1.807, 2.05) is 62.7 Å². The molecule has 0 fully saturated rings. The smallest absolute Gasteiger partial charge is 0.410 e. The lowest BCUT2D eigenvalue weighted by Gasteiger charge is -2.26. The number of carbonyl (C=O) groups is 3. The maximum absolute atomic E-state index is 13.3. The molecule has 8 heteroatoms. The van der Waals surface area contributed by atoms with Crippen LogP contribution in [-0.2, 0) is 27.4 Å². The molecule has 0 unspecified atom stereocenters. The van der Waals surface area contributed by atoms with Crippen LogP contribution in [0.1, 0.15) is 49.6 Å². The minimum absolute atomic E-state index is 0.150. The molecule has 3 aromatic heterocycles. The summed E-state index contributed by atoms with van der Waals surface area (Å²) in [7, 11) is 0. The van der Waals surface area contributed by atoms with Gasteiger partial charge in [0.1, 0.15) is 11.2 Å². The second-order valence-corrected chi connectivity index (χ2v) is 10.8. The van der Waals surface area contributed by atoms with E-state index in [1.54, 1.807) is 11.1 Å². The average Bonchev–Trinajstić information content (AvgIpc) is 3.43. The molecular weight excluding hydrogens is 468 g/mol. The molecule has 1 amide bonds. The quantitative estimate of drug-likeness (QED) is 0.372. The highest BCUT2D eigenvalue weighted by atomic mass is 16.6. The summed E-state index contributed by atoms with van der Waals surface area (Å²) in [5.41, 5.74) is 5.35. The third kappa shape index (κ3) is 3.84. The highest BCUT2D eigenvalue weighted by Crippen LogP contribution is 2.41. The Morgan fingerprint density at radius 1 is 1.05 bits per heavy atom. The van der Waals surface area contributed by atoms with Gasteiger partial charge in [0, 0.05) is 42.0 Å². The number of hydrogen-bond donors (Lipinski definition) is 0. The molecule has 1 aliphatic heterocycles. The maximum Gasteiger partial charge on any atom is 0.410 e. The van der Waals surface area contributed by atoms with Crippen LogP contribution in [0.25, 0.3) is 27.7 Å². The number of nitrogens with zero attached hydrogens (tertiary/aromatic N) is 4. The predicted molar refractivity (Wildman–Crippen MR) is 140 cm³/mol. The predicted octanol–water partition coefficient (Wildman–Crippen LogP) is 4.80. The third-order valence-electron chi connectivity index (χ3n) is 6.89. The summed E-state index contributed by atoms with van der Waals surface area (Å²) >= 11 is 0. The summed E-state index contributed by atoms with van der Waals surface area (Å²) < 4.78 is 9.58. The Kier molecular flexibility index (Phi) is 5.12. The van der Waals surface area contributed by atoms with E-state index in [1.165, 1.54) is 0 Å². The van der Waals surface area contributed by atoms with E-state index in [0.717, 1.165) is 27.6 Å². The number of fused-ring (bicyclic) bond motifs is 1. The normalized spacial score (nSPS) is 16.3. The molecule has 0 spiro atoms. The van der Waals surface area contributed by atoms with Crippen LogP contribution in [0.3, 0.4) is 0 Å². The molecule has 188 valence electrons. The summed E-state index contributed by atoms with van der Waals surface area (Å²) in [6.07, 6.45) is 4.98. The third-order valence-corrected chi connectivity index (χ3v) is 6.89. The van der Waals surface area contributed by atoms with Gasteiger partial charge in [-0.2, -0.15) is 0 Å². The zero-order valence-electron chi connectivity index (χ0n) is 21.4. The Balaban J connectivity index is 1.52. The maximum atomic E-state index is 13.3. The monoisotopic (exact) mass is 496 g/mol. The highest BCUT2D eigenvalue weighted by molar-refractivity contribution is 6.51. The fourth-order valence-corrected chi connectivity index (χ4v) is 5.45. The van der Waals surface area contributed by atoms with Crippen molar-refractivity contribution in [3.63, 3.8) is 0 Å².